The zero-order chi connectivity index (χ0) is 27.5. The Labute approximate surface area is 228 Å². The molecule has 3 aromatic rings. The fourth-order valence-corrected chi connectivity index (χ4v) is 6.71. The molecule has 1 aliphatic heterocycles. The quantitative estimate of drug-likeness (QED) is 0.404. The maximum absolute atomic E-state index is 13.0. The van der Waals surface area contributed by atoms with Crippen LogP contribution in [0, 0.1) is 0 Å². The van der Waals surface area contributed by atoms with E-state index in [1.807, 2.05) is 0 Å². The van der Waals surface area contributed by atoms with Gasteiger partial charge in [-0.25, -0.2) is 16.8 Å². The van der Waals surface area contributed by atoms with Gasteiger partial charge in [0.05, 0.1) is 36.2 Å². The zero-order valence-electron chi connectivity index (χ0n) is 20.9. The van der Waals surface area contributed by atoms with Crippen LogP contribution in [0.5, 0.6) is 5.75 Å². The predicted octanol–water partition coefficient (Wildman–Crippen LogP) is 4.35. The highest BCUT2D eigenvalue weighted by atomic mass is 35.5. The van der Waals surface area contributed by atoms with Gasteiger partial charge in [-0.1, -0.05) is 23.7 Å². The van der Waals surface area contributed by atoms with Crippen LogP contribution >= 0.6 is 11.6 Å². The maximum Gasteiger partial charge on any atom is 0.255 e. The van der Waals surface area contributed by atoms with Crippen molar-refractivity contribution in [1.82, 2.24) is 4.31 Å². The molecule has 202 valence electrons. The number of carbonyl (C=O) groups is 1. The summed E-state index contributed by atoms with van der Waals surface area (Å²) in [5, 5.41) is 3.26. The van der Waals surface area contributed by atoms with Gasteiger partial charge < -0.3 is 10.1 Å². The summed E-state index contributed by atoms with van der Waals surface area (Å²) in [5.74, 6) is -0.198. The SMILES string of the molecule is COc1ccc(S(=O)(=O)N2CCCC2)cc1NC(=O)c1ccc(N(Cc2ccc(Cl)cc2)S(C)(=O)=O)cc1. The third-order valence-corrected chi connectivity index (χ3v) is 9.47. The number of hydrogen-bond acceptors (Lipinski definition) is 6. The van der Waals surface area contributed by atoms with E-state index in [1.54, 1.807) is 24.3 Å². The first-order valence-electron chi connectivity index (χ1n) is 11.8. The second kappa shape index (κ2) is 11.3. The van der Waals surface area contributed by atoms with Gasteiger partial charge in [-0.15, -0.1) is 0 Å². The van der Waals surface area contributed by atoms with Crippen LogP contribution in [-0.2, 0) is 26.6 Å². The van der Waals surface area contributed by atoms with Crippen LogP contribution in [0.1, 0.15) is 28.8 Å². The van der Waals surface area contributed by atoms with Gasteiger partial charge in [0.25, 0.3) is 5.91 Å². The number of nitrogens with one attached hydrogen (secondary N) is 1. The Bertz CT molecular complexity index is 1520. The van der Waals surface area contributed by atoms with Crippen molar-refractivity contribution in [3.63, 3.8) is 0 Å². The summed E-state index contributed by atoms with van der Waals surface area (Å²) in [4.78, 5) is 13.1. The number of sulfonamides is 2. The van der Waals surface area contributed by atoms with Gasteiger partial charge in [-0.2, -0.15) is 4.31 Å². The van der Waals surface area contributed by atoms with Crippen molar-refractivity contribution in [2.75, 3.05) is 36.1 Å². The molecular weight excluding hydrogens is 550 g/mol. The summed E-state index contributed by atoms with van der Waals surface area (Å²) in [6.45, 7) is 1.02. The molecule has 0 aromatic heterocycles. The third-order valence-electron chi connectivity index (χ3n) is 6.18. The molecule has 0 spiro atoms. The number of anilines is 2. The standard InChI is InChI=1S/C26H28ClN3O6S2/c1-36-25-14-13-23(38(34,35)29-15-3-4-16-29)17-24(25)28-26(31)20-7-11-22(12-8-20)30(37(2,32)33)18-19-5-9-21(27)10-6-19/h5-14,17H,3-4,15-16,18H2,1-2H3,(H,28,31). The number of ether oxygens (including phenoxy) is 1. The number of amides is 1. The molecule has 0 bridgehead atoms. The number of benzene rings is 3. The highest BCUT2D eigenvalue weighted by Gasteiger charge is 2.28. The Hall–Kier alpha value is -3.12. The van der Waals surface area contributed by atoms with E-state index in [2.05, 4.69) is 5.32 Å². The lowest BCUT2D eigenvalue weighted by molar-refractivity contribution is 0.102. The van der Waals surface area contributed by atoms with Crippen molar-refractivity contribution in [3.8, 4) is 5.75 Å². The molecule has 38 heavy (non-hydrogen) atoms. The summed E-state index contributed by atoms with van der Waals surface area (Å²) < 4.78 is 58.9. The van der Waals surface area contributed by atoms with Crippen molar-refractivity contribution < 1.29 is 26.4 Å². The average molecular weight is 578 g/mol. The van der Waals surface area contributed by atoms with E-state index in [9.17, 15) is 21.6 Å². The molecule has 12 heteroatoms. The molecule has 1 N–H and O–H groups in total. The van der Waals surface area contributed by atoms with Gasteiger partial charge in [-0.3, -0.25) is 9.10 Å². The van der Waals surface area contributed by atoms with Crippen LogP contribution in [0.4, 0.5) is 11.4 Å². The molecule has 0 unspecified atom stereocenters. The van der Waals surface area contributed by atoms with E-state index in [1.165, 1.54) is 58.2 Å². The van der Waals surface area contributed by atoms with Crippen LogP contribution in [0.25, 0.3) is 0 Å². The minimum atomic E-state index is -3.69. The molecular formula is C26H28ClN3O6S2. The predicted molar refractivity (Wildman–Crippen MR) is 148 cm³/mol. The van der Waals surface area contributed by atoms with Gasteiger partial charge >= 0.3 is 0 Å². The Morgan fingerprint density at radius 1 is 0.974 bits per heavy atom. The second-order valence-corrected chi connectivity index (χ2v) is 13.2. The minimum absolute atomic E-state index is 0.0665. The largest absolute Gasteiger partial charge is 0.495 e. The summed E-state index contributed by atoms with van der Waals surface area (Å²) in [6, 6.07) is 17.3. The molecule has 1 saturated heterocycles. The van der Waals surface area contributed by atoms with Crippen molar-refractivity contribution in [1.29, 1.82) is 0 Å². The van der Waals surface area contributed by atoms with Gasteiger partial charge in [0.2, 0.25) is 20.0 Å². The van der Waals surface area contributed by atoms with Crippen LogP contribution in [0.3, 0.4) is 0 Å². The third kappa shape index (κ3) is 6.29. The van der Waals surface area contributed by atoms with E-state index in [4.69, 9.17) is 16.3 Å². The first-order chi connectivity index (χ1) is 18.0. The van der Waals surface area contributed by atoms with E-state index < -0.39 is 26.0 Å². The molecule has 1 amide bonds. The first-order valence-corrected chi connectivity index (χ1v) is 15.5. The molecule has 4 rings (SSSR count). The topological polar surface area (TPSA) is 113 Å². The lowest BCUT2D eigenvalue weighted by Gasteiger charge is -2.23. The summed E-state index contributed by atoms with van der Waals surface area (Å²) >= 11 is 5.93. The van der Waals surface area contributed by atoms with Crippen molar-refractivity contribution in [2.24, 2.45) is 0 Å². The molecule has 9 nitrogen and oxygen atoms in total. The second-order valence-electron chi connectivity index (χ2n) is 8.87. The zero-order valence-corrected chi connectivity index (χ0v) is 23.3. The Kier molecular flexibility index (Phi) is 8.31. The van der Waals surface area contributed by atoms with Crippen molar-refractivity contribution in [2.45, 2.75) is 24.3 Å². The van der Waals surface area contributed by atoms with E-state index in [0.29, 0.717) is 29.5 Å². The molecule has 1 aliphatic rings. The van der Waals surface area contributed by atoms with Gasteiger partial charge in [-0.05, 0) is 73.0 Å². The number of halogens is 1. The van der Waals surface area contributed by atoms with Gasteiger partial charge in [0.1, 0.15) is 5.75 Å². The Balaban J connectivity index is 1.55. The molecule has 0 atom stereocenters. The van der Waals surface area contributed by atoms with Crippen molar-refractivity contribution >= 4 is 48.9 Å². The Morgan fingerprint density at radius 3 is 2.18 bits per heavy atom. The molecule has 1 fully saturated rings. The van der Waals surface area contributed by atoms with Gasteiger partial charge in [0.15, 0.2) is 0 Å². The number of methoxy groups -OCH3 is 1. The van der Waals surface area contributed by atoms with Crippen LogP contribution in [0.2, 0.25) is 5.02 Å². The lowest BCUT2D eigenvalue weighted by Crippen LogP contribution is -2.29. The average Bonchev–Trinajstić information content (AvgIpc) is 3.44. The monoisotopic (exact) mass is 577 g/mol. The molecule has 0 saturated carbocycles. The van der Waals surface area contributed by atoms with Crippen LogP contribution in [-0.4, -0.2) is 53.5 Å². The summed E-state index contributed by atoms with van der Waals surface area (Å²) in [5.41, 5.74) is 1.60. The van der Waals surface area contributed by atoms with Gasteiger partial charge in [0, 0.05) is 23.7 Å². The molecule has 0 radical (unpaired) electrons. The fraction of sp³-hybridized carbons (Fsp3) is 0.269. The smallest absolute Gasteiger partial charge is 0.255 e. The van der Waals surface area contributed by atoms with E-state index in [0.717, 1.165) is 24.7 Å². The highest BCUT2D eigenvalue weighted by Crippen LogP contribution is 2.31. The highest BCUT2D eigenvalue weighted by molar-refractivity contribution is 7.92. The van der Waals surface area contributed by atoms with E-state index >= 15 is 0 Å². The number of carbonyl (C=O) groups excluding carboxylic acids is 1. The van der Waals surface area contributed by atoms with Crippen LogP contribution in [0.15, 0.2) is 71.6 Å². The number of hydrogen-bond donors (Lipinski definition) is 1. The van der Waals surface area contributed by atoms with E-state index in [-0.39, 0.29) is 22.7 Å². The molecule has 0 aliphatic carbocycles. The minimum Gasteiger partial charge on any atom is -0.495 e. The normalized spacial score (nSPS) is 14.3. The Morgan fingerprint density at radius 2 is 1.61 bits per heavy atom. The number of nitrogens with zero attached hydrogens (tertiary/aromatic N) is 2. The van der Waals surface area contributed by atoms with Crippen molar-refractivity contribution in [3.05, 3.63) is 82.9 Å². The van der Waals surface area contributed by atoms with Crippen LogP contribution < -0.4 is 14.4 Å². The molecule has 3 aromatic carbocycles. The summed E-state index contributed by atoms with van der Waals surface area (Å²) in [7, 11) is -5.88. The molecule has 1 heterocycles. The number of rotatable bonds is 9. The lowest BCUT2D eigenvalue weighted by atomic mass is 10.1. The fourth-order valence-electron chi connectivity index (χ4n) is 4.15. The summed E-state index contributed by atoms with van der Waals surface area (Å²) in [6.07, 6.45) is 2.73. The maximum atomic E-state index is 13.0. The first kappa shape index (κ1) is 27.9.